The number of nitrogens with one attached hydrogen (secondary N) is 1. The van der Waals surface area contributed by atoms with Gasteiger partial charge in [-0.2, -0.15) is 0 Å². The number of likely N-dealkylation sites (tertiary alicyclic amines) is 1. The van der Waals surface area contributed by atoms with Gasteiger partial charge in [-0.3, -0.25) is 19.8 Å². The zero-order valence-electron chi connectivity index (χ0n) is 15.9. The summed E-state index contributed by atoms with van der Waals surface area (Å²) in [4.78, 5) is 25.4. The molecule has 0 spiro atoms. The van der Waals surface area contributed by atoms with Crippen molar-refractivity contribution >= 4 is 28.9 Å². The molecule has 1 amide bonds. The molecule has 1 heterocycles. The van der Waals surface area contributed by atoms with E-state index in [1.807, 2.05) is 0 Å². The monoisotopic (exact) mass is 404 g/mol. The fraction of sp³-hybridized carbons (Fsp3) is 0.450. The van der Waals surface area contributed by atoms with E-state index >= 15 is 0 Å². The molecule has 0 aromatic heterocycles. The lowest BCUT2D eigenvalue weighted by Gasteiger charge is -2.33. The molecule has 0 atom stereocenters. The highest BCUT2D eigenvalue weighted by molar-refractivity contribution is 6.34. The molecule has 0 saturated carbocycles. The molecule has 3 rings (SSSR count). The number of carbonyl (C=O) groups is 1. The molecular formula is C20H25ClN4O3. The van der Waals surface area contributed by atoms with Gasteiger partial charge in [0.05, 0.1) is 15.5 Å². The smallest absolute Gasteiger partial charge is 0.293 e. The van der Waals surface area contributed by atoms with Crippen molar-refractivity contribution in [1.82, 2.24) is 10.2 Å². The third kappa shape index (κ3) is 4.91. The standard InChI is InChI=1S/C20H25ClN4O3/c1-13-2-4-14(5-3-13)12-24-8-6-15(7-9-24)23-20(26)16-10-19(25(27)28)18(22)11-17(16)21/h2,5,10-11,15H,3-4,6-9,12,22H2,1H3,(H,23,26). The van der Waals surface area contributed by atoms with E-state index in [2.05, 4.69) is 29.3 Å². The maximum absolute atomic E-state index is 12.6. The van der Waals surface area contributed by atoms with Crippen molar-refractivity contribution in [3.05, 3.63) is 56.1 Å². The average Bonchev–Trinajstić information content (AvgIpc) is 2.65. The van der Waals surface area contributed by atoms with Crippen LogP contribution >= 0.6 is 11.6 Å². The van der Waals surface area contributed by atoms with Crippen molar-refractivity contribution in [3.8, 4) is 0 Å². The first-order valence-electron chi connectivity index (χ1n) is 9.43. The Balaban J connectivity index is 1.54. The number of hydrogen-bond acceptors (Lipinski definition) is 5. The predicted octanol–water partition coefficient (Wildman–Crippen LogP) is 3.69. The van der Waals surface area contributed by atoms with E-state index in [1.165, 1.54) is 17.2 Å². The topological polar surface area (TPSA) is 102 Å². The number of rotatable bonds is 5. The number of nitro benzene ring substituents is 1. The predicted molar refractivity (Wildman–Crippen MR) is 111 cm³/mol. The molecule has 1 fully saturated rings. The van der Waals surface area contributed by atoms with E-state index in [1.54, 1.807) is 0 Å². The molecule has 1 aliphatic heterocycles. The Bertz CT molecular complexity index is 842. The van der Waals surface area contributed by atoms with E-state index in [0.717, 1.165) is 51.4 Å². The molecule has 1 aliphatic carbocycles. The number of allylic oxidation sites excluding steroid dienone is 3. The van der Waals surface area contributed by atoms with Crippen LogP contribution in [-0.2, 0) is 0 Å². The van der Waals surface area contributed by atoms with E-state index in [0.29, 0.717) is 0 Å². The van der Waals surface area contributed by atoms with Crippen molar-refractivity contribution in [2.75, 3.05) is 25.4 Å². The normalized spacial score (nSPS) is 18.4. The Kier molecular flexibility index (Phi) is 6.36. The highest BCUT2D eigenvalue weighted by Crippen LogP contribution is 2.29. The Labute approximate surface area is 169 Å². The summed E-state index contributed by atoms with van der Waals surface area (Å²) in [5.74, 6) is -0.401. The summed E-state index contributed by atoms with van der Waals surface area (Å²) < 4.78 is 0. The lowest BCUT2D eigenvalue weighted by Crippen LogP contribution is -2.45. The second-order valence-electron chi connectivity index (χ2n) is 7.49. The van der Waals surface area contributed by atoms with Gasteiger partial charge in [0.25, 0.3) is 11.6 Å². The van der Waals surface area contributed by atoms with Gasteiger partial charge in [0.1, 0.15) is 5.69 Å². The molecule has 28 heavy (non-hydrogen) atoms. The second-order valence-corrected chi connectivity index (χ2v) is 7.90. The number of piperidine rings is 1. The quantitative estimate of drug-likeness (QED) is 0.337. The largest absolute Gasteiger partial charge is 0.393 e. The van der Waals surface area contributed by atoms with Crippen LogP contribution in [0.4, 0.5) is 11.4 Å². The van der Waals surface area contributed by atoms with E-state index < -0.39 is 10.8 Å². The summed E-state index contributed by atoms with van der Waals surface area (Å²) in [7, 11) is 0. The molecule has 1 saturated heterocycles. The van der Waals surface area contributed by atoms with Crippen LogP contribution in [0.25, 0.3) is 0 Å². The lowest BCUT2D eigenvalue weighted by atomic mass is 9.98. The zero-order valence-corrected chi connectivity index (χ0v) is 16.7. The third-order valence-corrected chi connectivity index (χ3v) is 5.65. The first kappa shape index (κ1) is 20.4. The minimum absolute atomic E-state index is 0.0268. The third-order valence-electron chi connectivity index (χ3n) is 5.33. The number of benzene rings is 1. The molecule has 2 aliphatic rings. The molecule has 0 unspecified atom stereocenters. The number of halogens is 1. The summed E-state index contributed by atoms with van der Waals surface area (Å²) in [6, 6.07) is 2.43. The van der Waals surface area contributed by atoms with Crippen LogP contribution in [0.3, 0.4) is 0 Å². The van der Waals surface area contributed by atoms with Gasteiger partial charge in [0.2, 0.25) is 0 Å². The number of nitrogens with zero attached hydrogens (tertiary/aromatic N) is 2. The van der Waals surface area contributed by atoms with Crippen LogP contribution < -0.4 is 11.1 Å². The summed E-state index contributed by atoms with van der Waals surface area (Å²) >= 11 is 6.08. The number of anilines is 1. The Morgan fingerprint density at radius 3 is 2.64 bits per heavy atom. The van der Waals surface area contributed by atoms with Gasteiger partial charge in [-0.25, -0.2) is 0 Å². The number of carbonyl (C=O) groups excluding carboxylic acids is 1. The van der Waals surface area contributed by atoms with E-state index in [4.69, 9.17) is 17.3 Å². The minimum atomic E-state index is -0.614. The Morgan fingerprint density at radius 2 is 2.04 bits per heavy atom. The summed E-state index contributed by atoms with van der Waals surface area (Å²) in [5, 5.41) is 14.1. The highest BCUT2D eigenvalue weighted by atomic mass is 35.5. The number of nitro groups is 1. The van der Waals surface area contributed by atoms with Gasteiger partial charge >= 0.3 is 0 Å². The second kappa shape index (κ2) is 8.75. The van der Waals surface area contributed by atoms with Crippen LogP contribution in [0.15, 0.2) is 35.4 Å². The van der Waals surface area contributed by atoms with Gasteiger partial charge in [-0.15, -0.1) is 0 Å². The fourth-order valence-corrected chi connectivity index (χ4v) is 3.86. The van der Waals surface area contributed by atoms with Crippen LogP contribution in [0.1, 0.15) is 43.0 Å². The van der Waals surface area contributed by atoms with E-state index in [9.17, 15) is 14.9 Å². The first-order valence-corrected chi connectivity index (χ1v) is 9.81. The summed E-state index contributed by atoms with van der Waals surface area (Å²) in [6.07, 6.45) is 8.34. The number of nitrogens with two attached hydrogens (primary N) is 1. The highest BCUT2D eigenvalue weighted by Gasteiger charge is 2.24. The van der Waals surface area contributed by atoms with Crippen molar-refractivity contribution in [3.63, 3.8) is 0 Å². The van der Waals surface area contributed by atoms with Crippen molar-refractivity contribution in [2.24, 2.45) is 0 Å². The van der Waals surface area contributed by atoms with Crippen molar-refractivity contribution < 1.29 is 9.72 Å². The van der Waals surface area contributed by atoms with Crippen LogP contribution in [0.5, 0.6) is 0 Å². The molecule has 3 N–H and O–H groups in total. The number of amides is 1. The fourth-order valence-electron chi connectivity index (χ4n) is 3.60. The number of hydrogen-bond donors (Lipinski definition) is 2. The maximum Gasteiger partial charge on any atom is 0.293 e. The van der Waals surface area contributed by atoms with Crippen LogP contribution in [-0.4, -0.2) is 41.4 Å². The van der Waals surface area contributed by atoms with Gasteiger partial charge < -0.3 is 11.1 Å². The SMILES string of the molecule is CC1=CCC(CN2CCC(NC(=O)c3cc([N+](=O)[O-])c(N)cc3Cl)CC2)=CC1. The molecule has 8 heteroatoms. The Hall–Kier alpha value is -2.38. The molecule has 150 valence electrons. The maximum atomic E-state index is 12.6. The van der Waals surface area contributed by atoms with Gasteiger partial charge in [-0.1, -0.05) is 34.9 Å². The van der Waals surface area contributed by atoms with Crippen LogP contribution in [0, 0.1) is 10.1 Å². The minimum Gasteiger partial charge on any atom is -0.393 e. The lowest BCUT2D eigenvalue weighted by molar-refractivity contribution is -0.383. The molecule has 0 radical (unpaired) electrons. The number of nitrogen functional groups attached to an aromatic ring is 1. The molecule has 1 aromatic rings. The summed E-state index contributed by atoms with van der Waals surface area (Å²) in [6.45, 7) is 4.94. The van der Waals surface area contributed by atoms with Crippen LogP contribution in [0.2, 0.25) is 5.02 Å². The van der Waals surface area contributed by atoms with E-state index in [-0.39, 0.29) is 28.0 Å². The molecular weight excluding hydrogens is 380 g/mol. The van der Waals surface area contributed by atoms with Gasteiger partial charge in [0.15, 0.2) is 0 Å². The molecule has 0 bridgehead atoms. The molecule has 7 nitrogen and oxygen atoms in total. The molecule has 1 aromatic carbocycles. The van der Waals surface area contributed by atoms with Crippen molar-refractivity contribution in [2.45, 2.75) is 38.6 Å². The van der Waals surface area contributed by atoms with Crippen molar-refractivity contribution in [1.29, 1.82) is 0 Å². The first-order chi connectivity index (χ1) is 13.3. The zero-order chi connectivity index (χ0) is 20.3. The average molecular weight is 405 g/mol. The Morgan fingerprint density at radius 1 is 1.32 bits per heavy atom. The summed E-state index contributed by atoms with van der Waals surface area (Å²) in [5.41, 5.74) is 8.20. The van der Waals surface area contributed by atoms with Gasteiger partial charge in [0, 0.05) is 31.7 Å². The van der Waals surface area contributed by atoms with Gasteiger partial charge in [-0.05, 0) is 38.7 Å².